The molecule has 0 spiro atoms. The summed E-state index contributed by atoms with van der Waals surface area (Å²) >= 11 is 12.0. The fourth-order valence-electron chi connectivity index (χ4n) is 2.67. The minimum Gasteiger partial charge on any atom is -0.496 e. The van der Waals surface area contributed by atoms with Gasteiger partial charge < -0.3 is 19.5 Å². The van der Waals surface area contributed by atoms with Crippen molar-refractivity contribution < 1.29 is 19.0 Å². The van der Waals surface area contributed by atoms with Gasteiger partial charge in [-0.15, -0.1) is 0 Å². The van der Waals surface area contributed by atoms with E-state index < -0.39 is 0 Å². The van der Waals surface area contributed by atoms with E-state index in [0.717, 1.165) is 5.56 Å². The number of ether oxygens (including phenoxy) is 3. The second-order valence-electron chi connectivity index (χ2n) is 6.07. The molecule has 0 saturated carbocycles. The lowest BCUT2D eigenvalue weighted by Crippen LogP contribution is -2.13. The molecule has 1 N–H and O–H groups in total. The average molecular weight is 432 g/mol. The van der Waals surface area contributed by atoms with Crippen LogP contribution < -0.4 is 19.5 Å². The standard InChI is InChI=1S/C22H19Cl2NO4/c1-27-20-9-3-14(11-15(20)13-29-18-7-4-16(23)5-8-18)22(26)25-17-6-10-21(28-2)19(24)12-17/h3-12H,13H2,1-2H3,(H,25,26). The predicted molar refractivity (Wildman–Crippen MR) is 115 cm³/mol. The van der Waals surface area contributed by atoms with E-state index in [4.69, 9.17) is 37.4 Å². The molecule has 3 aromatic carbocycles. The van der Waals surface area contributed by atoms with Gasteiger partial charge in [0.15, 0.2) is 0 Å². The minimum atomic E-state index is -0.276. The quantitative estimate of drug-likeness (QED) is 0.510. The minimum absolute atomic E-state index is 0.236. The number of anilines is 1. The molecule has 5 nitrogen and oxygen atoms in total. The van der Waals surface area contributed by atoms with E-state index in [1.54, 1.807) is 67.8 Å². The van der Waals surface area contributed by atoms with E-state index >= 15 is 0 Å². The lowest BCUT2D eigenvalue weighted by molar-refractivity contribution is 0.102. The summed E-state index contributed by atoms with van der Waals surface area (Å²) in [5, 5.41) is 3.87. The summed E-state index contributed by atoms with van der Waals surface area (Å²) in [5.74, 6) is 1.56. The van der Waals surface area contributed by atoms with E-state index in [0.29, 0.717) is 38.5 Å². The molecule has 3 aromatic rings. The number of carbonyl (C=O) groups excluding carboxylic acids is 1. The molecule has 0 saturated heterocycles. The topological polar surface area (TPSA) is 56.8 Å². The van der Waals surface area contributed by atoms with Crippen LogP contribution in [0.15, 0.2) is 60.7 Å². The zero-order valence-corrected chi connectivity index (χ0v) is 17.4. The predicted octanol–water partition coefficient (Wildman–Crippen LogP) is 5.84. The molecule has 0 radical (unpaired) electrons. The zero-order valence-electron chi connectivity index (χ0n) is 15.9. The van der Waals surface area contributed by atoms with Crippen molar-refractivity contribution in [3.63, 3.8) is 0 Å². The number of hydrogen-bond acceptors (Lipinski definition) is 4. The highest BCUT2D eigenvalue weighted by Crippen LogP contribution is 2.28. The van der Waals surface area contributed by atoms with Gasteiger partial charge in [-0.1, -0.05) is 23.2 Å². The van der Waals surface area contributed by atoms with Gasteiger partial charge in [-0.25, -0.2) is 0 Å². The van der Waals surface area contributed by atoms with Gasteiger partial charge in [0.2, 0.25) is 0 Å². The number of methoxy groups -OCH3 is 2. The first-order valence-corrected chi connectivity index (χ1v) is 9.46. The molecule has 0 bridgehead atoms. The monoisotopic (exact) mass is 431 g/mol. The van der Waals surface area contributed by atoms with Crippen LogP contribution >= 0.6 is 23.2 Å². The molecule has 0 fully saturated rings. The van der Waals surface area contributed by atoms with E-state index in [2.05, 4.69) is 5.32 Å². The second-order valence-corrected chi connectivity index (χ2v) is 6.92. The van der Waals surface area contributed by atoms with Gasteiger partial charge in [0.05, 0.1) is 19.2 Å². The first-order chi connectivity index (χ1) is 14.0. The summed E-state index contributed by atoms with van der Waals surface area (Å²) < 4.78 is 16.3. The second kappa shape index (κ2) is 9.54. The molecule has 3 rings (SSSR count). The molecule has 0 aliphatic heterocycles. The molecule has 0 aliphatic carbocycles. The van der Waals surface area contributed by atoms with E-state index in [9.17, 15) is 4.79 Å². The highest BCUT2D eigenvalue weighted by Gasteiger charge is 2.12. The first-order valence-electron chi connectivity index (χ1n) is 8.70. The normalized spacial score (nSPS) is 10.3. The van der Waals surface area contributed by atoms with Crippen molar-refractivity contribution in [1.82, 2.24) is 0 Å². The van der Waals surface area contributed by atoms with Crippen molar-refractivity contribution in [3.8, 4) is 17.2 Å². The summed E-state index contributed by atoms with van der Waals surface area (Å²) in [5.41, 5.74) is 1.77. The van der Waals surface area contributed by atoms with Gasteiger partial charge in [-0.3, -0.25) is 4.79 Å². The Morgan fingerprint density at radius 3 is 2.24 bits per heavy atom. The number of rotatable bonds is 7. The molecule has 7 heteroatoms. The third kappa shape index (κ3) is 5.34. The SMILES string of the molecule is COc1ccc(NC(=O)c2ccc(OC)c(COc3ccc(Cl)cc3)c2)cc1Cl. The van der Waals surface area contributed by atoms with Crippen molar-refractivity contribution >= 4 is 34.8 Å². The maximum atomic E-state index is 12.7. The number of amides is 1. The highest BCUT2D eigenvalue weighted by atomic mass is 35.5. The largest absolute Gasteiger partial charge is 0.496 e. The fourth-order valence-corrected chi connectivity index (χ4v) is 3.06. The molecule has 1 amide bonds. The van der Waals surface area contributed by atoms with E-state index in [-0.39, 0.29) is 12.5 Å². The molecule has 0 aliphatic rings. The lowest BCUT2D eigenvalue weighted by Gasteiger charge is -2.13. The Hall–Kier alpha value is -2.89. The van der Waals surface area contributed by atoms with Gasteiger partial charge in [0, 0.05) is 21.8 Å². The smallest absolute Gasteiger partial charge is 0.255 e. The third-order valence-corrected chi connectivity index (χ3v) is 4.71. The van der Waals surface area contributed by atoms with Crippen LogP contribution in [0.5, 0.6) is 17.2 Å². The lowest BCUT2D eigenvalue weighted by atomic mass is 10.1. The van der Waals surface area contributed by atoms with E-state index in [1.165, 1.54) is 7.11 Å². The summed E-state index contributed by atoms with van der Waals surface area (Å²) in [6, 6.07) is 17.2. The van der Waals surface area contributed by atoms with Crippen LogP contribution in [0, 0.1) is 0 Å². The van der Waals surface area contributed by atoms with Gasteiger partial charge in [-0.05, 0) is 60.7 Å². The van der Waals surface area contributed by atoms with Gasteiger partial charge >= 0.3 is 0 Å². The summed E-state index contributed by atoms with van der Waals surface area (Å²) in [6.07, 6.45) is 0. The van der Waals surface area contributed by atoms with Crippen LogP contribution in [0.25, 0.3) is 0 Å². The van der Waals surface area contributed by atoms with Gasteiger partial charge in [-0.2, -0.15) is 0 Å². The van der Waals surface area contributed by atoms with Crippen molar-refractivity contribution in [3.05, 3.63) is 81.8 Å². The molecule has 0 aromatic heterocycles. The van der Waals surface area contributed by atoms with Crippen molar-refractivity contribution in [2.24, 2.45) is 0 Å². The number of benzene rings is 3. The molecule has 0 atom stereocenters. The number of hydrogen-bond donors (Lipinski definition) is 1. The molecule has 0 heterocycles. The fraction of sp³-hybridized carbons (Fsp3) is 0.136. The third-order valence-electron chi connectivity index (χ3n) is 4.16. The van der Waals surface area contributed by atoms with Crippen LogP contribution in [-0.2, 0) is 6.61 Å². The van der Waals surface area contributed by atoms with Crippen molar-refractivity contribution in [2.75, 3.05) is 19.5 Å². The van der Waals surface area contributed by atoms with Gasteiger partial charge in [0.1, 0.15) is 23.9 Å². The Kier molecular flexibility index (Phi) is 6.86. The van der Waals surface area contributed by atoms with Crippen LogP contribution in [0.3, 0.4) is 0 Å². The molecule has 0 unspecified atom stereocenters. The Morgan fingerprint density at radius 2 is 1.59 bits per heavy atom. The number of carbonyl (C=O) groups is 1. The van der Waals surface area contributed by atoms with Crippen molar-refractivity contribution in [2.45, 2.75) is 6.61 Å². The Morgan fingerprint density at radius 1 is 0.897 bits per heavy atom. The number of halogens is 2. The van der Waals surface area contributed by atoms with Crippen LogP contribution in [-0.4, -0.2) is 20.1 Å². The van der Waals surface area contributed by atoms with Crippen LogP contribution in [0.2, 0.25) is 10.0 Å². The Bertz CT molecular complexity index is 1010. The molecule has 150 valence electrons. The Balaban J connectivity index is 1.75. The van der Waals surface area contributed by atoms with E-state index in [1.807, 2.05) is 0 Å². The molecular formula is C22H19Cl2NO4. The average Bonchev–Trinajstić information content (AvgIpc) is 2.73. The zero-order chi connectivity index (χ0) is 20.8. The summed E-state index contributed by atoms with van der Waals surface area (Å²) in [4.78, 5) is 12.7. The summed E-state index contributed by atoms with van der Waals surface area (Å²) in [6.45, 7) is 0.236. The molecular weight excluding hydrogens is 413 g/mol. The highest BCUT2D eigenvalue weighted by molar-refractivity contribution is 6.32. The van der Waals surface area contributed by atoms with Crippen LogP contribution in [0.1, 0.15) is 15.9 Å². The summed E-state index contributed by atoms with van der Waals surface area (Å²) in [7, 11) is 3.10. The Labute approximate surface area is 179 Å². The first kappa shape index (κ1) is 20.8. The molecule has 29 heavy (non-hydrogen) atoms. The maximum Gasteiger partial charge on any atom is 0.255 e. The number of nitrogens with one attached hydrogen (secondary N) is 1. The van der Waals surface area contributed by atoms with Gasteiger partial charge in [0.25, 0.3) is 5.91 Å². The van der Waals surface area contributed by atoms with Crippen molar-refractivity contribution in [1.29, 1.82) is 0 Å². The van der Waals surface area contributed by atoms with Crippen LogP contribution in [0.4, 0.5) is 5.69 Å². The maximum absolute atomic E-state index is 12.7.